The van der Waals surface area contributed by atoms with Crippen molar-refractivity contribution in [2.75, 3.05) is 11.9 Å². The monoisotopic (exact) mass is 373 g/mol. The molecule has 28 heavy (non-hydrogen) atoms. The van der Waals surface area contributed by atoms with E-state index >= 15 is 0 Å². The van der Waals surface area contributed by atoms with E-state index in [1.54, 1.807) is 0 Å². The molecule has 0 aliphatic rings. The Balaban J connectivity index is 1.76. The number of rotatable bonds is 5. The third-order valence-electron chi connectivity index (χ3n) is 4.22. The lowest BCUT2D eigenvalue weighted by atomic mass is 10.1. The van der Waals surface area contributed by atoms with E-state index in [1.165, 1.54) is 12.4 Å². The Kier molecular flexibility index (Phi) is 4.72. The zero-order valence-electron chi connectivity index (χ0n) is 15.6. The maximum Gasteiger partial charge on any atom is 0.275 e. The first kappa shape index (κ1) is 17.7. The number of amides is 1. The van der Waals surface area contributed by atoms with Gasteiger partial charge in [0.15, 0.2) is 0 Å². The van der Waals surface area contributed by atoms with Crippen LogP contribution in [0.25, 0.3) is 16.9 Å². The van der Waals surface area contributed by atoms with Crippen LogP contribution < -0.4 is 10.1 Å². The number of anilines is 1. The maximum absolute atomic E-state index is 12.9. The van der Waals surface area contributed by atoms with Gasteiger partial charge in [-0.25, -0.2) is 15.0 Å². The molecule has 140 valence electrons. The Hall–Kier alpha value is -3.74. The van der Waals surface area contributed by atoms with Crippen LogP contribution in [0.4, 0.5) is 5.82 Å². The number of pyridine rings is 1. The number of hydrogen-bond donors (Lipinski definition) is 1. The summed E-state index contributed by atoms with van der Waals surface area (Å²) < 4.78 is 7.21. The van der Waals surface area contributed by atoms with E-state index in [0.717, 1.165) is 16.8 Å². The van der Waals surface area contributed by atoms with Gasteiger partial charge in [-0.1, -0.05) is 29.8 Å². The number of ether oxygens (including phenoxy) is 1. The van der Waals surface area contributed by atoms with Gasteiger partial charge in [-0.05, 0) is 32.0 Å². The predicted octanol–water partition coefficient (Wildman–Crippen LogP) is 3.75. The van der Waals surface area contributed by atoms with E-state index in [1.807, 2.05) is 66.9 Å². The Bertz CT molecular complexity index is 1150. The molecule has 3 heterocycles. The van der Waals surface area contributed by atoms with Crippen molar-refractivity contribution in [2.24, 2.45) is 0 Å². The topological polar surface area (TPSA) is 81.4 Å². The second-order valence-electron chi connectivity index (χ2n) is 6.24. The summed E-state index contributed by atoms with van der Waals surface area (Å²) in [6.07, 6.45) is 3.18. The summed E-state index contributed by atoms with van der Waals surface area (Å²) in [7, 11) is 0. The Labute approximate surface area is 162 Å². The molecule has 0 saturated carbocycles. The molecule has 3 aromatic heterocycles. The van der Waals surface area contributed by atoms with Gasteiger partial charge < -0.3 is 10.1 Å². The minimum absolute atomic E-state index is 0.222. The Morgan fingerprint density at radius 1 is 1.14 bits per heavy atom. The molecule has 0 aliphatic heterocycles. The number of carbonyl (C=O) groups is 1. The number of aromatic nitrogens is 4. The van der Waals surface area contributed by atoms with E-state index in [4.69, 9.17) is 9.72 Å². The normalized spacial score (nSPS) is 10.8. The Morgan fingerprint density at radius 3 is 2.86 bits per heavy atom. The van der Waals surface area contributed by atoms with Gasteiger partial charge in [0.2, 0.25) is 5.88 Å². The fraction of sp³-hybridized carbons (Fsp3) is 0.143. The molecule has 0 radical (unpaired) electrons. The SMILES string of the molecule is CCOc1cc(C(=O)Nc2c(-c3cccc(C)c3)nc3ccccn23)ncn1. The molecule has 0 unspecified atom stereocenters. The van der Waals surface area contributed by atoms with Gasteiger partial charge in [-0.15, -0.1) is 0 Å². The van der Waals surface area contributed by atoms with Gasteiger partial charge in [0.25, 0.3) is 5.91 Å². The van der Waals surface area contributed by atoms with Crippen molar-refractivity contribution in [1.29, 1.82) is 0 Å². The summed E-state index contributed by atoms with van der Waals surface area (Å²) in [6.45, 7) is 4.34. The molecule has 4 aromatic rings. The van der Waals surface area contributed by atoms with Gasteiger partial charge in [0.1, 0.15) is 29.2 Å². The van der Waals surface area contributed by atoms with Crippen LogP contribution in [0.5, 0.6) is 5.88 Å². The molecule has 1 amide bonds. The molecule has 1 N–H and O–H groups in total. The average Bonchev–Trinajstić information content (AvgIpc) is 3.07. The van der Waals surface area contributed by atoms with Gasteiger partial charge in [-0.2, -0.15) is 0 Å². The average molecular weight is 373 g/mol. The maximum atomic E-state index is 12.9. The fourth-order valence-electron chi connectivity index (χ4n) is 2.97. The molecule has 7 nitrogen and oxygen atoms in total. The second kappa shape index (κ2) is 7.48. The van der Waals surface area contributed by atoms with E-state index in [2.05, 4.69) is 15.3 Å². The minimum atomic E-state index is -0.358. The summed E-state index contributed by atoms with van der Waals surface area (Å²) in [5, 5.41) is 2.95. The molecule has 7 heteroatoms. The standard InChI is InChI=1S/C21H19N5O2/c1-3-28-18-12-16(22-13-23-18)21(27)25-20-19(15-8-6-7-14(2)11-15)24-17-9-4-5-10-26(17)20/h4-13H,3H2,1-2H3,(H,25,27). The number of fused-ring (bicyclic) bond motifs is 1. The van der Waals surface area contributed by atoms with Crippen molar-refractivity contribution in [3.05, 3.63) is 72.3 Å². The summed E-state index contributed by atoms with van der Waals surface area (Å²) in [4.78, 5) is 25.6. The molecule has 0 spiro atoms. The first-order valence-corrected chi connectivity index (χ1v) is 8.96. The lowest BCUT2D eigenvalue weighted by Crippen LogP contribution is -2.16. The number of hydrogen-bond acceptors (Lipinski definition) is 5. The molecule has 4 rings (SSSR count). The molecule has 1 aromatic carbocycles. The largest absolute Gasteiger partial charge is 0.478 e. The lowest BCUT2D eigenvalue weighted by molar-refractivity contribution is 0.102. The smallest absolute Gasteiger partial charge is 0.275 e. The van der Waals surface area contributed by atoms with E-state index in [9.17, 15) is 4.79 Å². The quantitative estimate of drug-likeness (QED) is 0.576. The summed E-state index contributed by atoms with van der Waals surface area (Å²) in [5.74, 6) is 0.588. The molecular weight excluding hydrogens is 354 g/mol. The molecule has 0 aliphatic carbocycles. The molecule has 0 atom stereocenters. The van der Waals surface area contributed by atoms with Crippen LogP contribution in [0.2, 0.25) is 0 Å². The van der Waals surface area contributed by atoms with E-state index in [-0.39, 0.29) is 11.6 Å². The first-order chi connectivity index (χ1) is 13.7. The van der Waals surface area contributed by atoms with Crippen LogP contribution in [0.15, 0.2) is 61.1 Å². The fourth-order valence-corrected chi connectivity index (χ4v) is 2.97. The Morgan fingerprint density at radius 2 is 2.04 bits per heavy atom. The second-order valence-corrected chi connectivity index (χ2v) is 6.24. The third kappa shape index (κ3) is 3.42. The third-order valence-corrected chi connectivity index (χ3v) is 4.22. The zero-order valence-corrected chi connectivity index (χ0v) is 15.6. The van der Waals surface area contributed by atoms with Crippen LogP contribution in [-0.2, 0) is 0 Å². The van der Waals surface area contributed by atoms with Crippen LogP contribution in [0.1, 0.15) is 23.0 Å². The highest BCUT2D eigenvalue weighted by Crippen LogP contribution is 2.29. The van der Waals surface area contributed by atoms with E-state index in [0.29, 0.717) is 24.0 Å². The van der Waals surface area contributed by atoms with Gasteiger partial charge in [0, 0.05) is 17.8 Å². The van der Waals surface area contributed by atoms with Crippen LogP contribution in [0, 0.1) is 6.92 Å². The van der Waals surface area contributed by atoms with Crippen LogP contribution in [-0.4, -0.2) is 31.9 Å². The molecule has 0 bridgehead atoms. The summed E-state index contributed by atoms with van der Waals surface area (Å²) in [5.41, 5.74) is 3.70. The van der Waals surface area contributed by atoms with Gasteiger partial charge in [-0.3, -0.25) is 9.20 Å². The van der Waals surface area contributed by atoms with Crippen molar-refractivity contribution in [3.8, 4) is 17.1 Å². The van der Waals surface area contributed by atoms with Crippen molar-refractivity contribution in [3.63, 3.8) is 0 Å². The van der Waals surface area contributed by atoms with Crippen molar-refractivity contribution in [1.82, 2.24) is 19.4 Å². The molecular formula is C21H19N5O2. The van der Waals surface area contributed by atoms with Crippen molar-refractivity contribution >= 4 is 17.4 Å². The highest BCUT2D eigenvalue weighted by molar-refractivity contribution is 6.04. The highest BCUT2D eigenvalue weighted by atomic mass is 16.5. The van der Waals surface area contributed by atoms with Crippen LogP contribution >= 0.6 is 0 Å². The van der Waals surface area contributed by atoms with Crippen LogP contribution in [0.3, 0.4) is 0 Å². The lowest BCUT2D eigenvalue weighted by Gasteiger charge is -2.08. The zero-order chi connectivity index (χ0) is 19.5. The minimum Gasteiger partial charge on any atom is -0.478 e. The number of nitrogens with one attached hydrogen (secondary N) is 1. The molecule has 0 saturated heterocycles. The van der Waals surface area contributed by atoms with Crippen molar-refractivity contribution in [2.45, 2.75) is 13.8 Å². The van der Waals surface area contributed by atoms with E-state index < -0.39 is 0 Å². The van der Waals surface area contributed by atoms with Crippen molar-refractivity contribution < 1.29 is 9.53 Å². The number of imidazole rings is 1. The number of aryl methyl sites for hydroxylation is 1. The number of nitrogens with zero attached hydrogens (tertiary/aromatic N) is 4. The molecule has 0 fully saturated rings. The van der Waals surface area contributed by atoms with Gasteiger partial charge in [0.05, 0.1) is 6.61 Å². The predicted molar refractivity (Wildman–Crippen MR) is 107 cm³/mol. The van der Waals surface area contributed by atoms with Gasteiger partial charge >= 0.3 is 0 Å². The summed E-state index contributed by atoms with van der Waals surface area (Å²) in [6, 6.07) is 15.2. The highest BCUT2D eigenvalue weighted by Gasteiger charge is 2.18. The number of benzene rings is 1. The number of carbonyl (C=O) groups excluding carboxylic acids is 1. The summed E-state index contributed by atoms with van der Waals surface area (Å²) >= 11 is 0. The first-order valence-electron chi connectivity index (χ1n) is 8.96.